The topological polar surface area (TPSA) is 52.1 Å². The predicted octanol–water partition coefficient (Wildman–Crippen LogP) is 4.18. The van der Waals surface area contributed by atoms with E-state index in [1.54, 1.807) is 18.5 Å². The van der Waals surface area contributed by atoms with E-state index in [1.807, 2.05) is 44.2 Å². The first-order valence-corrected chi connectivity index (χ1v) is 8.87. The highest BCUT2D eigenvalue weighted by Gasteiger charge is 2.19. The van der Waals surface area contributed by atoms with Gasteiger partial charge < -0.3 is 0 Å². The van der Waals surface area contributed by atoms with Crippen molar-refractivity contribution in [1.29, 1.82) is 0 Å². The molecule has 2 aromatic heterocycles. The van der Waals surface area contributed by atoms with E-state index in [4.69, 9.17) is 6.57 Å². The van der Waals surface area contributed by atoms with Crippen molar-refractivity contribution < 1.29 is 0 Å². The van der Waals surface area contributed by atoms with Crippen molar-refractivity contribution in [3.8, 4) is 17.2 Å². The van der Waals surface area contributed by atoms with Gasteiger partial charge >= 0.3 is 0 Å². The molecule has 0 spiro atoms. The van der Waals surface area contributed by atoms with Crippen LogP contribution >= 0.6 is 11.8 Å². The monoisotopic (exact) mass is 348 g/mol. The number of aryl methyl sites for hydroxylation is 2. The molecular formula is C19H16N4OS. The van der Waals surface area contributed by atoms with Crippen molar-refractivity contribution >= 4 is 17.4 Å². The Kier molecular flexibility index (Phi) is 4.68. The molecule has 1 aromatic carbocycles. The van der Waals surface area contributed by atoms with Gasteiger partial charge in [-0.2, -0.15) is 0 Å². The summed E-state index contributed by atoms with van der Waals surface area (Å²) in [5.41, 5.74) is 3.12. The number of thioether (sulfide) groups is 1. The highest BCUT2D eigenvalue weighted by molar-refractivity contribution is 7.98. The molecule has 0 saturated carbocycles. The number of pyridine rings is 1. The summed E-state index contributed by atoms with van der Waals surface area (Å²) in [5, 5.41) is 0.417. The van der Waals surface area contributed by atoms with Gasteiger partial charge in [0.25, 0.3) is 11.2 Å². The number of nitrogens with zero attached hydrogens (tertiary/aromatic N) is 4. The Morgan fingerprint density at radius 1 is 1.16 bits per heavy atom. The average Bonchev–Trinajstić information content (AvgIpc) is 2.64. The van der Waals surface area contributed by atoms with Crippen molar-refractivity contribution in [1.82, 2.24) is 14.5 Å². The summed E-state index contributed by atoms with van der Waals surface area (Å²) >= 11 is 1.29. The normalized spacial score (nSPS) is 10.5. The molecular weight excluding hydrogens is 332 g/mol. The minimum Gasteiger partial charge on any atom is -0.282 e. The lowest BCUT2D eigenvalue weighted by molar-refractivity contribution is 0.905. The molecule has 0 saturated heterocycles. The summed E-state index contributed by atoms with van der Waals surface area (Å²) in [6.45, 7) is 11.4. The van der Waals surface area contributed by atoms with E-state index in [0.29, 0.717) is 22.2 Å². The summed E-state index contributed by atoms with van der Waals surface area (Å²) in [4.78, 5) is 25.4. The molecule has 0 N–H and O–H groups in total. The first-order chi connectivity index (χ1) is 12.1. The molecule has 25 heavy (non-hydrogen) atoms. The summed E-state index contributed by atoms with van der Waals surface area (Å²) in [5.74, 6) is 0.436. The van der Waals surface area contributed by atoms with Gasteiger partial charge in [-0.1, -0.05) is 12.1 Å². The third kappa shape index (κ3) is 3.06. The first-order valence-electron chi connectivity index (χ1n) is 7.64. The Morgan fingerprint density at radius 3 is 2.56 bits per heavy atom. The van der Waals surface area contributed by atoms with Crippen LogP contribution in [0.2, 0.25) is 0 Å². The molecule has 0 aliphatic carbocycles. The predicted molar refractivity (Wildman–Crippen MR) is 101 cm³/mol. The lowest BCUT2D eigenvalue weighted by Gasteiger charge is -2.15. The molecule has 0 atom stereocenters. The Bertz CT molecular complexity index is 1040. The SMILES string of the molecule is [C-]#[N+]c1c(SC)nc(-c2ccccn2)n(-c2ccc(C)c(C)c2)c1=O. The van der Waals surface area contributed by atoms with Crippen LogP contribution in [0.25, 0.3) is 22.1 Å². The van der Waals surface area contributed by atoms with E-state index < -0.39 is 0 Å². The minimum absolute atomic E-state index is 0.0328. The molecule has 0 fully saturated rings. The zero-order valence-corrected chi connectivity index (χ0v) is 15.0. The van der Waals surface area contributed by atoms with E-state index in [1.165, 1.54) is 16.3 Å². The molecule has 0 amide bonds. The second-order valence-corrected chi connectivity index (χ2v) is 6.32. The highest BCUT2D eigenvalue weighted by Crippen LogP contribution is 2.27. The summed E-state index contributed by atoms with van der Waals surface area (Å²) < 4.78 is 1.47. The van der Waals surface area contributed by atoms with Gasteiger partial charge in [0.1, 0.15) is 10.7 Å². The van der Waals surface area contributed by atoms with Crippen LogP contribution in [-0.4, -0.2) is 20.8 Å². The van der Waals surface area contributed by atoms with Gasteiger partial charge in [0.2, 0.25) is 0 Å². The summed E-state index contributed by atoms with van der Waals surface area (Å²) in [6.07, 6.45) is 3.47. The summed E-state index contributed by atoms with van der Waals surface area (Å²) in [6, 6.07) is 11.2. The molecule has 2 heterocycles. The largest absolute Gasteiger partial charge is 0.282 e. The molecule has 0 unspecified atom stereocenters. The van der Waals surface area contributed by atoms with Gasteiger partial charge in [0.05, 0.1) is 6.57 Å². The molecule has 5 nitrogen and oxygen atoms in total. The van der Waals surface area contributed by atoms with Crippen LogP contribution in [0.1, 0.15) is 11.1 Å². The first kappa shape index (κ1) is 16.9. The Morgan fingerprint density at radius 2 is 1.96 bits per heavy atom. The number of rotatable bonds is 3. The molecule has 0 radical (unpaired) electrons. The number of hydrogen-bond acceptors (Lipinski definition) is 4. The van der Waals surface area contributed by atoms with Crippen molar-refractivity contribution in [3.05, 3.63) is 75.5 Å². The zero-order chi connectivity index (χ0) is 18.0. The molecule has 0 aliphatic rings. The van der Waals surface area contributed by atoms with E-state index in [9.17, 15) is 4.79 Å². The van der Waals surface area contributed by atoms with E-state index in [2.05, 4.69) is 14.8 Å². The molecule has 3 rings (SSSR count). The van der Waals surface area contributed by atoms with Gasteiger partial charge in [0.15, 0.2) is 5.82 Å². The zero-order valence-electron chi connectivity index (χ0n) is 14.1. The fourth-order valence-corrected chi connectivity index (χ4v) is 3.01. The maximum Gasteiger partial charge on any atom is 0.282 e. The molecule has 3 aromatic rings. The second-order valence-electron chi connectivity index (χ2n) is 5.53. The van der Waals surface area contributed by atoms with Gasteiger partial charge in [-0.15, -0.1) is 11.8 Å². The van der Waals surface area contributed by atoms with Crippen LogP contribution in [0.4, 0.5) is 5.69 Å². The fourth-order valence-electron chi connectivity index (χ4n) is 2.50. The fraction of sp³-hybridized carbons (Fsp3) is 0.158. The highest BCUT2D eigenvalue weighted by atomic mass is 32.2. The van der Waals surface area contributed by atoms with Crippen molar-refractivity contribution in [2.24, 2.45) is 0 Å². The smallest absolute Gasteiger partial charge is 0.282 e. The van der Waals surface area contributed by atoms with E-state index in [0.717, 1.165) is 11.1 Å². The number of benzene rings is 1. The second kappa shape index (κ2) is 6.91. The van der Waals surface area contributed by atoms with Gasteiger partial charge in [-0.25, -0.2) is 9.83 Å². The summed E-state index contributed by atoms with van der Waals surface area (Å²) in [7, 11) is 0. The Hall–Kier alpha value is -2.91. The van der Waals surface area contributed by atoms with Gasteiger partial charge in [-0.05, 0) is 55.5 Å². The van der Waals surface area contributed by atoms with Crippen molar-refractivity contribution in [2.45, 2.75) is 18.9 Å². The molecule has 6 heteroatoms. The average molecular weight is 348 g/mol. The lowest BCUT2D eigenvalue weighted by atomic mass is 10.1. The molecule has 0 aliphatic heterocycles. The molecule has 124 valence electrons. The van der Waals surface area contributed by atoms with E-state index >= 15 is 0 Å². The van der Waals surface area contributed by atoms with Crippen LogP contribution in [0.3, 0.4) is 0 Å². The maximum absolute atomic E-state index is 13.0. The maximum atomic E-state index is 13.0. The number of aromatic nitrogens is 3. The quantitative estimate of drug-likeness (QED) is 0.405. The van der Waals surface area contributed by atoms with Crippen molar-refractivity contribution in [3.63, 3.8) is 0 Å². The third-order valence-corrected chi connectivity index (χ3v) is 4.65. The van der Waals surface area contributed by atoms with Crippen LogP contribution in [0, 0.1) is 20.4 Å². The lowest BCUT2D eigenvalue weighted by Crippen LogP contribution is -2.22. The third-order valence-electron chi connectivity index (χ3n) is 3.98. The van der Waals surface area contributed by atoms with Gasteiger partial charge in [0, 0.05) is 11.9 Å². The van der Waals surface area contributed by atoms with Crippen LogP contribution < -0.4 is 5.56 Å². The van der Waals surface area contributed by atoms with Crippen LogP contribution in [0.15, 0.2) is 52.4 Å². The minimum atomic E-state index is -0.377. The Balaban J connectivity index is 2.41. The van der Waals surface area contributed by atoms with Gasteiger partial charge in [-0.3, -0.25) is 14.3 Å². The number of hydrogen-bond donors (Lipinski definition) is 0. The van der Waals surface area contributed by atoms with E-state index in [-0.39, 0.29) is 11.2 Å². The Labute approximate surface area is 150 Å². The molecule has 0 bridgehead atoms. The van der Waals surface area contributed by atoms with Crippen LogP contribution in [-0.2, 0) is 0 Å². The van der Waals surface area contributed by atoms with Crippen molar-refractivity contribution in [2.75, 3.05) is 6.26 Å². The standard InChI is InChI=1S/C19H16N4OS/c1-12-8-9-14(11-13(12)2)23-17(15-7-5-6-10-21-15)22-18(25-4)16(20-3)19(23)24/h5-11H,1-2,4H3. The van der Waals surface area contributed by atoms with Crippen LogP contribution in [0.5, 0.6) is 0 Å².